The summed E-state index contributed by atoms with van der Waals surface area (Å²) in [6.45, 7) is 8.02. The molecule has 1 amide bonds. The topological polar surface area (TPSA) is 75.9 Å². The molecule has 1 aliphatic rings. The third-order valence-corrected chi connectivity index (χ3v) is 3.72. The summed E-state index contributed by atoms with van der Waals surface area (Å²) in [6, 6.07) is 6.60. The number of piperazine rings is 1. The highest BCUT2D eigenvalue weighted by Crippen LogP contribution is 2.14. The molecule has 7 nitrogen and oxygen atoms in total. The fourth-order valence-electron chi connectivity index (χ4n) is 2.40. The zero-order chi connectivity index (χ0) is 16.8. The molecule has 1 aliphatic heterocycles. The standard InChI is InChI=1S/C16H23N3O4/c1-13(2)12-23-16(20)18-9-7-17(8-10-18)11-14-3-5-15(6-4-14)19(21)22/h3-6,13H,7-12H2,1-2H3. The van der Waals surface area contributed by atoms with E-state index in [1.165, 1.54) is 12.1 Å². The highest BCUT2D eigenvalue weighted by atomic mass is 16.6. The Morgan fingerprint density at radius 1 is 1.22 bits per heavy atom. The van der Waals surface area contributed by atoms with Gasteiger partial charge in [0.25, 0.3) is 5.69 Å². The molecule has 1 saturated heterocycles. The number of benzene rings is 1. The van der Waals surface area contributed by atoms with E-state index in [-0.39, 0.29) is 11.8 Å². The van der Waals surface area contributed by atoms with Crippen molar-refractivity contribution in [3.05, 3.63) is 39.9 Å². The summed E-state index contributed by atoms with van der Waals surface area (Å²) in [5.41, 5.74) is 1.14. The Hall–Kier alpha value is -2.15. The van der Waals surface area contributed by atoms with Crippen LogP contribution in [0.5, 0.6) is 0 Å². The van der Waals surface area contributed by atoms with Gasteiger partial charge in [-0.3, -0.25) is 15.0 Å². The Labute approximate surface area is 136 Å². The Balaban J connectivity index is 1.78. The summed E-state index contributed by atoms with van der Waals surface area (Å²) >= 11 is 0. The van der Waals surface area contributed by atoms with E-state index in [1.54, 1.807) is 17.0 Å². The molecule has 0 aliphatic carbocycles. The minimum Gasteiger partial charge on any atom is -0.449 e. The number of hydrogen-bond acceptors (Lipinski definition) is 5. The van der Waals surface area contributed by atoms with Gasteiger partial charge >= 0.3 is 6.09 Å². The van der Waals surface area contributed by atoms with Crippen LogP contribution in [0.1, 0.15) is 19.4 Å². The number of carbonyl (C=O) groups excluding carboxylic acids is 1. The van der Waals surface area contributed by atoms with Crippen molar-refractivity contribution in [3.63, 3.8) is 0 Å². The van der Waals surface area contributed by atoms with Gasteiger partial charge in [-0.15, -0.1) is 0 Å². The van der Waals surface area contributed by atoms with Gasteiger partial charge in [0.1, 0.15) is 0 Å². The number of non-ortho nitro benzene ring substituents is 1. The van der Waals surface area contributed by atoms with Gasteiger partial charge in [-0.25, -0.2) is 4.79 Å². The minimum atomic E-state index is -0.397. The zero-order valence-electron chi connectivity index (χ0n) is 13.6. The van der Waals surface area contributed by atoms with Gasteiger partial charge in [0.15, 0.2) is 0 Å². The molecule has 1 heterocycles. The Kier molecular flexibility index (Phi) is 5.92. The number of amides is 1. The third-order valence-electron chi connectivity index (χ3n) is 3.72. The number of hydrogen-bond donors (Lipinski definition) is 0. The SMILES string of the molecule is CC(C)COC(=O)N1CCN(Cc2ccc([N+](=O)[O-])cc2)CC1. The molecule has 23 heavy (non-hydrogen) atoms. The molecular formula is C16H23N3O4. The van der Waals surface area contributed by atoms with E-state index in [4.69, 9.17) is 4.74 Å². The molecule has 7 heteroatoms. The molecule has 0 spiro atoms. The predicted octanol–water partition coefficient (Wildman–Crippen LogP) is 2.51. The van der Waals surface area contributed by atoms with Crippen molar-refractivity contribution in [2.45, 2.75) is 20.4 Å². The molecule has 1 aromatic rings. The smallest absolute Gasteiger partial charge is 0.409 e. The number of rotatable bonds is 5. The summed E-state index contributed by atoms with van der Waals surface area (Å²) < 4.78 is 5.24. The molecule has 0 N–H and O–H groups in total. The number of carbonyl (C=O) groups is 1. The lowest BCUT2D eigenvalue weighted by atomic mass is 10.2. The van der Waals surface area contributed by atoms with Crippen LogP contribution in [0, 0.1) is 16.0 Å². The van der Waals surface area contributed by atoms with E-state index in [1.807, 2.05) is 13.8 Å². The highest BCUT2D eigenvalue weighted by molar-refractivity contribution is 5.67. The number of nitro groups is 1. The summed E-state index contributed by atoms with van der Waals surface area (Å²) in [5, 5.41) is 10.6. The van der Waals surface area contributed by atoms with Gasteiger partial charge in [-0.05, 0) is 11.5 Å². The largest absolute Gasteiger partial charge is 0.449 e. The Morgan fingerprint density at radius 3 is 2.35 bits per heavy atom. The molecule has 0 bridgehead atoms. The van der Waals surface area contributed by atoms with Crippen LogP contribution in [0.4, 0.5) is 10.5 Å². The maximum atomic E-state index is 11.9. The molecule has 0 aromatic heterocycles. The van der Waals surface area contributed by atoms with E-state index in [2.05, 4.69) is 4.90 Å². The van der Waals surface area contributed by atoms with E-state index >= 15 is 0 Å². The van der Waals surface area contributed by atoms with E-state index in [9.17, 15) is 14.9 Å². The lowest BCUT2D eigenvalue weighted by Gasteiger charge is -2.34. The van der Waals surface area contributed by atoms with Crippen LogP contribution >= 0.6 is 0 Å². The van der Waals surface area contributed by atoms with Crippen molar-refractivity contribution in [2.24, 2.45) is 5.92 Å². The number of nitrogens with zero attached hydrogens (tertiary/aromatic N) is 3. The molecule has 0 saturated carbocycles. The Bertz CT molecular complexity index is 537. The molecular weight excluding hydrogens is 298 g/mol. The van der Waals surface area contributed by atoms with Crippen molar-refractivity contribution in [3.8, 4) is 0 Å². The summed E-state index contributed by atoms with van der Waals surface area (Å²) in [6.07, 6.45) is -0.242. The quantitative estimate of drug-likeness (QED) is 0.615. The maximum Gasteiger partial charge on any atom is 0.409 e. The van der Waals surface area contributed by atoms with Crippen LogP contribution in [0.3, 0.4) is 0 Å². The van der Waals surface area contributed by atoms with Crippen molar-refractivity contribution >= 4 is 11.8 Å². The number of ether oxygens (including phenoxy) is 1. The maximum absolute atomic E-state index is 11.9. The number of nitro benzene ring substituents is 1. The van der Waals surface area contributed by atoms with Crippen molar-refractivity contribution in [1.82, 2.24) is 9.80 Å². The van der Waals surface area contributed by atoms with Gasteiger partial charge in [0, 0.05) is 44.9 Å². The normalized spacial score (nSPS) is 15.7. The molecule has 2 rings (SSSR count). The summed E-state index contributed by atoms with van der Waals surface area (Å²) in [5.74, 6) is 0.336. The average molecular weight is 321 g/mol. The molecule has 1 fully saturated rings. The molecule has 0 radical (unpaired) electrons. The summed E-state index contributed by atoms with van der Waals surface area (Å²) in [4.78, 5) is 26.1. The van der Waals surface area contributed by atoms with E-state index in [0.29, 0.717) is 25.6 Å². The predicted molar refractivity (Wildman–Crippen MR) is 86.1 cm³/mol. The second kappa shape index (κ2) is 7.92. The molecule has 0 unspecified atom stereocenters. The molecule has 0 atom stereocenters. The van der Waals surface area contributed by atoms with Gasteiger partial charge in [0.05, 0.1) is 11.5 Å². The second-order valence-corrected chi connectivity index (χ2v) is 6.16. The second-order valence-electron chi connectivity index (χ2n) is 6.16. The molecule has 1 aromatic carbocycles. The van der Waals surface area contributed by atoms with Crippen molar-refractivity contribution in [1.29, 1.82) is 0 Å². The van der Waals surface area contributed by atoms with Crippen molar-refractivity contribution < 1.29 is 14.5 Å². The zero-order valence-corrected chi connectivity index (χ0v) is 13.6. The summed E-state index contributed by atoms with van der Waals surface area (Å²) in [7, 11) is 0. The van der Waals surface area contributed by atoms with Crippen LogP contribution in [-0.2, 0) is 11.3 Å². The lowest BCUT2D eigenvalue weighted by Crippen LogP contribution is -2.48. The van der Waals surface area contributed by atoms with Crippen LogP contribution in [0.2, 0.25) is 0 Å². The van der Waals surface area contributed by atoms with E-state index < -0.39 is 4.92 Å². The van der Waals surface area contributed by atoms with E-state index in [0.717, 1.165) is 25.2 Å². The lowest BCUT2D eigenvalue weighted by molar-refractivity contribution is -0.384. The average Bonchev–Trinajstić information content (AvgIpc) is 2.54. The Morgan fingerprint density at radius 2 is 1.83 bits per heavy atom. The first-order chi connectivity index (χ1) is 11.0. The molecule has 126 valence electrons. The highest BCUT2D eigenvalue weighted by Gasteiger charge is 2.22. The van der Waals surface area contributed by atoms with Gasteiger partial charge in [-0.2, -0.15) is 0 Å². The fourth-order valence-corrected chi connectivity index (χ4v) is 2.40. The van der Waals surface area contributed by atoms with Gasteiger partial charge in [0.2, 0.25) is 0 Å². The van der Waals surface area contributed by atoms with Crippen LogP contribution in [-0.4, -0.2) is 53.6 Å². The first-order valence-electron chi connectivity index (χ1n) is 7.83. The third kappa shape index (κ3) is 5.21. The van der Waals surface area contributed by atoms with Crippen molar-refractivity contribution in [2.75, 3.05) is 32.8 Å². The van der Waals surface area contributed by atoms with Crippen LogP contribution in [0.25, 0.3) is 0 Å². The van der Waals surface area contributed by atoms with Gasteiger partial charge in [-0.1, -0.05) is 26.0 Å². The van der Waals surface area contributed by atoms with Crippen LogP contribution < -0.4 is 0 Å². The van der Waals surface area contributed by atoms with Crippen LogP contribution in [0.15, 0.2) is 24.3 Å². The fraction of sp³-hybridized carbons (Fsp3) is 0.562. The first kappa shape index (κ1) is 17.2. The first-order valence-corrected chi connectivity index (χ1v) is 7.83. The minimum absolute atomic E-state index is 0.103. The van der Waals surface area contributed by atoms with Gasteiger partial charge < -0.3 is 9.64 Å². The monoisotopic (exact) mass is 321 g/mol.